The van der Waals surface area contributed by atoms with Crippen LogP contribution in [0.1, 0.15) is 37.8 Å². The Morgan fingerprint density at radius 2 is 1.96 bits per heavy atom. The smallest absolute Gasteiger partial charge is 0.417 e. The third-order valence-corrected chi connectivity index (χ3v) is 5.23. The number of hydrogen-bond acceptors (Lipinski definition) is 6. The van der Waals surface area contributed by atoms with E-state index in [-0.39, 0.29) is 17.4 Å². The molecule has 1 fully saturated rings. The Hall–Kier alpha value is -1.90. The van der Waals surface area contributed by atoms with E-state index < -0.39 is 11.7 Å². The van der Waals surface area contributed by atoms with Gasteiger partial charge in [0.2, 0.25) is 11.0 Å². The van der Waals surface area contributed by atoms with Crippen molar-refractivity contribution in [2.75, 3.05) is 18.0 Å². The molecule has 0 radical (unpaired) electrons. The fraction of sp³-hybridized carbons (Fsp3) is 0.562. The molecule has 1 saturated heterocycles. The number of ether oxygens (including phenoxy) is 1. The Morgan fingerprint density at radius 3 is 2.52 bits per heavy atom. The molecule has 3 heterocycles. The number of halogens is 3. The van der Waals surface area contributed by atoms with Crippen molar-refractivity contribution in [1.29, 1.82) is 0 Å². The number of anilines is 1. The van der Waals surface area contributed by atoms with Gasteiger partial charge in [-0.25, -0.2) is 4.98 Å². The SMILES string of the molecule is CC(C)(C)c1nnc(N2CCC(Oc3ccc(C(F)(F)F)cn3)C2)s1. The predicted molar refractivity (Wildman–Crippen MR) is 89.1 cm³/mol. The van der Waals surface area contributed by atoms with Gasteiger partial charge in [-0.05, 0) is 6.07 Å². The van der Waals surface area contributed by atoms with Gasteiger partial charge < -0.3 is 9.64 Å². The average molecular weight is 372 g/mol. The van der Waals surface area contributed by atoms with Crippen LogP contribution in [0.2, 0.25) is 0 Å². The Kier molecular flexibility index (Phi) is 4.61. The van der Waals surface area contributed by atoms with E-state index in [4.69, 9.17) is 4.74 Å². The minimum Gasteiger partial charge on any atom is -0.472 e. The number of rotatable bonds is 3. The number of aromatic nitrogens is 3. The lowest BCUT2D eigenvalue weighted by Gasteiger charge is -2.16. The zero-order valence-electron chi connectivity index (χ0n) is 14.2. The van der Waals surface area contributed by atoms with Crippen LogP contribution >= 0.6 is 11.3 Å². The number of pyridine rings is 1. The topological polar surface area (TPSA) is 51.1 Å². The van der Waals surface area contributed by atoms with Crippen molar-refractivity contribution in [3.8, 4) is 5.88 Å². The Bertz CT molecular complexity index is 724. The summed E-state index contributed by atoms with van der Waals surface area (Å²) in [6.45, 7) is 7.64. The molecule has 0 saturated carbocycles. The maximum atomic E-state index is 12.6. The molecule has 1 aliphatic rings. The zero-order chi connectivity index (χ0) is 18.2. The van der Waals surface area contributed by atoms with E-state index in [1.54, 1.807) is 11.3 Å². The predicted octanol–water partition coefficient (Wildman–Crippen LogP) is 3.91. The maximum absolute atomic E-state index is 12.6. The fourth-order valence-corrected chi connectivity index (χ4v) is 3.37. The quantitative estimate of drug-likeness (QED) is 0.818. The summed E-state index contributed by atoms with van der Waals surface area (Å²) in [5.41, 5.74) is -0.827. The molecule has 0 amide bonds. The number of alkyl halides is 3. The maximum Gasteiger partial charge on any atom is 0.417 e. The monoisotopic (exact) mass is 372 g/mol. The van der Waals surface area contributed by atoms with Crippen LogP contribution in [0, 0.1) is 0 Å². The molecule has 3 rings (SSSR count). The Balaban J connectivity index is 1.61. The van der Waals surface area contributed by atoms with Crippen LogP contribution in [0.4, 0.5) is 18.3 Å². The van der Waals surface area contributed by atoms with Crippen LogP contribution < -0.4 is 9.64 Å². The molecule has 5 nitrogen and oxygen atoms in total. The average Bonchev–Trinajstić information content (AvgIpc) is 3.14. The molecule has 1 atom stereocenters. The Labute approximate surface area is 147 Å². The van der Waals surface area contributed by atoms with Gasteiger partial charge in [-0.1, -0.05) is 32.1 Å². The largest absolute Gasteiger partial charge is 0.472 e. The van der Waals surface area contributed by atoms with Gasteiger partial charge in [-0.3, -0.25) is 0 Å². The lowest BCUT2D eigenvalue weighted by Crippen LogP contribution is -2.24. The molecule has 0 aromatic carbocycles. The highest BCUT2D eigenvalue weighted by molar-refractivity contribution is 7.15. The number of hydrogen-bond donors (Lipinski definition) is 0. The standard InChI is InChI=1S/C16H19F3N4OS/c1-15(2,3)13-21-22-14(25-13)23-7-6-11(9-23)24-12-5-4-10(8-20-12)16(17,18)19/h4-5,8,11H,6-7,9H2,1-3H3. The summed E-state index contributed by atoms with van der Waals surface area (Å²) < 4.78 is 43.4. The molecule has 2 aromatic heterocycles. The third kappa shape index (κ3) is 4.20. The summed E-state index contributed by atoms with van der Waals surface area (Å²) in [7, 11) is 0. The van der Waals surface area contributed by atoms with Gasteiger partial charge in [0, 0.05) is 30.6 Å². The molecule has 136 valence electrons. The number of nitrogens with zero attached hydrogens (tertiary/aromatic N) is 4. The van der Waals surface area contributed by atoms with E-state index in [0.717, 1.165) is 35.4 Å². The van der Waals surface area contributed by atoms with Gasteiger partial charge >= 0.3 is 6.18 Å². The minimum atomic E-state index is -4.39. The van der Waals surface area contributed by atoms with Crippen LogP contribution in [-0.2, 0) is 11.6 Å². The van der Waals surface area contributed by atoms with Gasteiger partial charge in [0.05, 0.1) is 12.1 Å². The van der Waals surface area contributed by atoms with Gasteiger partial charge in [-0.2, -0.15) is 13.2 Å². The molecule has 0 aliphatic carbocycles. The van der Waals surface area contributed by atoms with Crippen molar-refractivity contribution < 1.29 is 17.9 Å². The van der Waals surface area contributed by atoms with Crippen molar-refractivity contribution in [2.24, 2.45) is 0 Å². The zero-order valence-corrected chi connectivity index (χ0v) is 15.0. The molecule has 9 heteroatoms. The first-order chi connectivity index (χ1) is 11.6. The second-order valence-electron chi connectivity index (χ2n) is 7.00. The molecule has 0 spiro atoms. The van der Waals surface area contributed by atoms with Crippen LogP contribution in [-0.4, -0.2) is 34.4 Å². The fourth-order valence-electron chi connectivity index (χ4n) is 2.43. The Morgan fingerprint density at radius 1 is 1.20 bits per heavy atom. The molecule has 0 N–H and O–H groups in total. The summed E-state index contributed by atoms with van der Waals surface area (Å²) in [4.78, 5) is 5.84. The summed E-state index contributed by atoms with van der Waals surface area (Å²) in [5.74, 6) is 0.201. The van der Waals surface area contributed by atoms with Gasteiger partial charge in [-0.15, -0.1) is 10.2 Å². The van der Waals surface area contributed by atoms with Gasteiger partial charge in [0.25, 0.3) is 0 Å². The van der Waals surface area contributed by atoms with E-state index in [1.807, 2.05) is 0 Å². The van der Waals surface area contributed by atoms with Gasteiger partial charge in [0.15, 0.2) is 0 Å². The normalized spacial score (nSPS) is 18.6. The second kappa shape index (κ2) is 6.44. The second-order valence-corrected chi connectivity index (χ2v) is 7.95. The van der Waals surface area contributed by atoms with Crippen LogP contribution in [0.5, 0.6) is 5.88 Å². The minimum absolute atomic E-state index is 0.0459. The van der Waals surface area contributed by atoms with Crippen molar-refractivity contribution in [3.05, 3.63) is 28.9 Å². The highest BCUT2D eigenvalue weighted by Gasteiger charge is 2.32. The first-order valence-electron chi connectivity index (χ1n) is 7.92. The first-order valence-corrected chi connectivity index (χ1v) is 8.73. The van der Waals surface area contributed by atoms with E-state index in [2.05, 4.69) is 40.9 Å². The summed E-state index contributed by atoms with van der Waals surface area (Å²) >= 11 is 1.56. The van der Waals surface area contributed by atoms with Gasteiger partial charge in [0.1, 0.15) is 11.1 Å². The van der Waals surface area contributed by atoms with Crippen molar-refractivity contribution in [2.45, 2.75) is 44.9 Å². The molecule has 1 aliphatic heterocycles. The lowest BCUT2D eigenvalue weighted by molar-refractivity contribution is -0.137. The molecular weight excluding hydrogens is 353 g/mol. The first kappa shape index (κ1) is 17.9. The molecule has 0 bridgehead atoms. The summed E-state index contributed by atoms with van der Waals surface area (Å²) in [6, 6.07) is 2.24. The van der Waals surface area contributed by atoms with E-state index in [1.165, 1.54) is 6.07 Å². The molecule has 25 heavy (non-hydrogen) atoms. The molecular formula is C16H19F3N4OS. The van der Waals surface area contributed by atoms with Crippen molar-refractivity contribution in [3.63, 3.8) is 0 Å². The highest BCUT2D eigenvalue weighted by Crippen LogP contribution is 2.32. The lowest BCUT2D eigenvalue weighted by atomic mass is 9.98. The van der Waals surface area contributed by atoms with E-state index in [9.17, 15) is 13.2 Å². The molecule has 2 aromatic rings. The van der Waals surface area contributed by atoms with Crippen molar-refractivity contribution >= 4 is 16.5 Å². The highest BCUT2D eigenvalue weighted by atomic mass is 32.1. The van der Waals surface area contributed by atoms with Crippen molar-refractivity contribution in [1.82, 2.24) is 15.2 Å². The summed E-state index contributed by atoms with van der Waals surface area (Å²) in [5, 5.41) is 10.3. The summed E-state index contributed by atoms with van der Waals surface area (Å²) in [6.07, 6.45) is -2.97. The molecule has 1 unspecified atom stereocenters. The van der Waals surface area contributed by atoms with E-state index in [0.29, 0.717) is 6.54 Å². The van der Waals surface area contributed by atoms with Crippen LogP contribution in [0.15, 0.2) is 18.3 Å². The van der Waals surface area contributed by atoms with Crippen LogP contribution in [0.25, 0.3) is 0 Å². The van der Waals surface area contributed by atoms with E-state index >= 15 is 0 Å². The van der Waals surface area contributed by atoms with Crippen LogP contribution in [0.3, 0.4) is 0 Å². The third-order valence-electron chi connectivity index (χ3n) is 3.82.